The van der Waals surface area contributed by atoms with Gasteiger partial charge in [0.15, 0.2) is 0 Å². The van der Waals surface area contributed by atoms with Crippen molar-refractivity contribution in [2.75, 3.05) is 26.1 Å². The van der Waals surface area contributed by atoms with Crippen molar-refractivity contribution in [2.24, 2.45) is 4.99 Å². The van der Waals surface area contributed by atoms with Crippen LogP contribution >= 0.6 is 27.9 Å². The van der Waals surface area contributed by atoms with Crippen LogP contribution in [0.3, 0.4) is 0 Å². The fraction of sp³-hybridized carbons (Fsp3) is 0.471. The van der Waals surface area contributed by atoms with Gasteiger partial charge in [0.05, 0.1) is 6.61 Å². The molecule has 3 N–H and O–H groups in total. The first-order valence-corrected chi connectivity index (χ1v) is 9.51. The zero-order valence-electron chi connectivity index (χ0n) is 14.9. The lowest BCUT2D eigenvalue weighted by Crippen LogP contribution is -2.30. The second-order valence-electron chi connectivity index (χ2n) is 5.26. The minimum absolute atomic E-state index is 0.179. The van der Waals surface area contributed by atoms with E-state index in [0.29, 0.717) is 6.61 Å². The van der Waals surface area contributed by atoms with Gasteiger partial charge >= 0.3 is 0 Å². The highest BCUT2D eigenvalue weighted by atomic mass is 79.9. The first kappa shape index (κ1) is 21.0. The number of aliphatic imine (C=N–C) groups is 1. The molecule has 0 saturated carbocycles. The molecule has 1 aromatic carbocycles. The van der Waals surface area contributed by atoms with Gasteiger partial charge in [-0.15, -0.1) is 0 Å². The number of amidine groups is 1. The van der Waals surface area contributed by atoms with Crippen LogP contribution in [0.2, 0.25) is 0 Å². The lowest BCUT2D eigenvalue weighted by atomic mass is 10.3. The summed E-state index contributed by atoms with van der Waals surface area (Å²) in [4.78, 5) is 5.85. The van der Waals surface area contributed by atoms with E-state index in [4.69, 9.17) is 4.74 Å². The zero-order valence-corrected chi connectivity index (χ0v) is 17.3. The Morgan fingerprint density at radius 1 is 1.33 bits per heavy atom. The van der Waals surface area contributed by atoms with Gasteiger partial charge in [-0.2, -0.15) is 0 Å². The maximum Gasteiger partial charge on any atom is 0.138 e. The molecule has 134 valence electrons. The van der Waals surface area contributed by atoms with E-state index >= 15 is 0 Å². The molecule has 0 saturated heterocycles. The Morgan fingerprint density at radius 3 is 2.54 bits per heavy atom. The van der Waals surface area contributed by atoms with Crippen LogP contribution in [0.25, 0.3) is 0 Å². The van der Waals surface area contributed by atoms with Crippen molar-refractivity contribution < 1.29 is 4.74 Å². The standard InChI is InChI=1S/C17H27BrN4OS/c1-6-16(18)17(20-12(2)11-23-5)22-13(3)21-14-7-9-15(10-8-14)24-19-4/h7-10,12,19-20H,6,11H2,1-5H3,(H,21,22)/b17-16+. The summed E-state index contributed by atoms with van der Waals surface area (Å²) < 4.78 is 9.27. The summed E-state index contributed by atoms with van der Waals surface area (Å²) in [7, 11) is 3.60. The van der Waals surface area contributed by atoms with E-state index in [1.807, 2.05) is 26.1 Å². The van der Waals surface area contributed by atoms with E-state index in [0.717, 1.165) is 28.2 Å². The largest absolute Gasteiger partial charge is 0.383 e. The van der Waals surface area contributed by atoms with E-state index in [9.17, 15) is 0 Å². The number of rotatable bonds is 9. The number of benzene rings is 1. The highest BCUT2D eigenvalue weighted by molar-refractivity contribution is 9.11. The highest BCUT2D eigenvalue weighted by Gasteiger charge is 2.07. The summed E-state index contributed by atoms with van der Waals surface area (Å²) in [5, 5.41) is 6.70. The van der Waals surface area contributed by atoms with E-state index < -0.39 is 0 Å². The molecule has 0 radical (unpaired) electrons. The van der Waals surface area contributed by atoms with Gasteiger partial charge in [-0.25, -0.2) is 4.99 Å². The first-order chi connectivity index (χ1) is 11.5. The molecule has 24 heavy (non-hydrogen) atoms. The number of halogens is 1. The first-order valence-electron chi connectivity index (χ1n) is 7.90. The van der Waals surface area contributed by atoms with Crippen molar-refractivity contribution in [3.8, 4) is 0 Å². The van der Waals surface area contributed by atoms with Crippen molar-refractivity contribution in [3.05, 3.63) is 34.6 Å². The molecule has 7 heteroatoms. The fourth-order valence-electron chi connectivity index (χ4n) is 1.99. The van der Waals surface area contributed by atoms with E-state index in [2.05, 4.69) is 62.3 Å². The van der Waals surface area contributed by atoms with Gasteiger partial charge in [0.2, 0.25) is 0 Å². The van der Waals surface area contributed by atoms with Crippen LogP contribution in [0, 0.1) is 0 Å². The quantitative estimate of drug-likeness (QED) is 0.318. The van der Waals surface area contributed by atoms with Crippen molar-refractivity contribution in [3.63, 3.8) is 0 Å². The normalized spacial score (nSPS) is 14.2. The Hall–Kier alpha value is -1.02. The van der Waals surface area contributed by atoms with Gasteiger partial charge in [-0.3, -0.25) is 4.72 Å². The van der Waals surface area contributed by atoms with E-state index in [-0.39, 0.29) is 6.04 Å². The van der Waals surface area contributed by atoms with Crippen LogP contribution in [0.5, 0.6) is 0 Å². The Balaban J connectivity index is 2.81. The van der Waals surface area contributed by atoms with Gasteiger partial charge in [0.25, 0.3) is 0 Å². The van der Waals surface area contributed by atoms with Crippen molar-refractivity contribution in [1.82, 2.24) is 10.0 Å². The van der Waals surface area contributed by atoms with Crippen molar-refractivity contribution in [1.29, 1.82) is 0 Å². The van der Waals surface area contributed by atoms with Gasteiger partial charge in [-0.05, 0) is 63.5 Å². The van der Waals surface area contributed by atoms with Crippen LogP contribution in [0.4, 0.5) is 5.69 Å². The Kier molecular flexibility index (Phi) is 10.1. The molecule has 0 aliphatic rings. The smallest absolute Gasteiger partial charge is 0.138 e. The number of hydrogen-bond acceptors (Lipinski definition) is 5. The number of nitrogens with zero attached hydrogens (tertiary/aromatic N) is 1. The Morgan fingerprint density at radius 2 is 2.00 bits per heavy atom. The minimum atomic E-state index is 0.179. The van der Waals surface area contributed by atoms with Crippen LogP contribution in [-0.2, 0) is 4.74 Å². The predicted octanol–water partition coefficient (Wildman–Crippen LogP) is 4.34. The molecule has 0 spiro atoms. The Labute approximate surface area is 158 Å². The second-order valence-corrected chi connectivity index (χ2v) is 7.30. The molecule has 0 aliphatic heterocycles. The number of allylic oxidation sites excluding steroid dienone is 1. The minimum Gasteiger partial charge on any atom is -0.383 e. The zero-order chi connectivity index (χ0) is 17.9. The number of hydrogen-bond donors (Lipinski definition) is 3. The molecule has 0 bridgehead atoms. The molecule has 0 amide bonds. The summed E-state index contributed by atoms with van der Waals surface area (Å²) >= 11 is 5.18. The number of ether oxygens (including phenoxy) is 1. The molecule has 5 nitrogen and oxygen atoms in total. The molecule has 1 rings (SSSR count). The molecule has 1 unspecified atom stereocenters. The molecular formula is C17H27BrN4OS. The van der Waals surface area contributed by atoms with Gasteiger partial charge < -0.3 is 15.4 Å². The summed E-state index contributed by atoms with van der Waals surface area (Å²) in [5.41, 5.74) is 1.01. The lowest BCUT2D eigenvalue weighted by Gasteiger charge is -2.17. The van der Waals surface area contributed by atoms with Crippen LogP contribution < -0.4 is 15.4 Å². The van der Waals surface area contributed by atoms with Crippen LogP contribution in [-0.4, -0.2) is 32.6 Å². The molecule has 1 aromatic rings. The third-order valence-corrected chi connectivity index (χ3v) is 4.69. The topological polar surface area (TPSA) is 57.7 Å². The average Bonchev–Trinajstić information content (AvgIpc) is 2.55. The third kappa shape index (κ3) is 7.70. The molecule has 0 aromatic heterocycles. The number of methoxy groups -OCH3 is 1. The van der Waals surface area contributed by atoms with E-state index in [1.165, 1.54) is 4.90 Å². The molecule has 1 atom stereocenters. The number of anilines is 1. The van der Waals surface area contributed by atoms with Crippen LogP contribution in [0.15, 0.2) is 44.5 Å². The fourth-order valence-corrected chi connectivity index (χ4v) is 2.70. The van der Waals surface area contributed by atoms with Crippen molar-refractivity contribution >= 4 is 39.4 Å². The highest BCUT2D eigenvalue weighted by Crippen LogP contribution is 2.18. The van der Waals surface area contributed by atoms with Gasteiger partial charge in [0.1, 0.15) is 11.7 Å². The summed E-state index contributed by atoms with van der Waals surface area (Å²) in [5.74, 6) is 1.65. The third-order valence-electron chi connectivity index (χ3n) is 3.05. The van der Waals surface area contributed by atoms with Gasteiger partial charge in [-0.1, -0.05) is 22.9 Å². The summed E-state index contributed by atoms with van der Waals surface area (Å²) in [6.07, 6.45) is 0.870. The SMILES string of the molecule is CC/C(Br)=C(\N=C(/C)Nc1ccc(SNC)cc1)NC(C)COC. The monoisotopic (exact) mass is 414 g/mol. The summed E-state index contributed by atoms with van der Waals surface area (Å²) in [6, 6.07) is 8.39. The molecule has 0 heterocycles. The summed E-state index contributed by atoms with van der Waals surface area (Å²) in [6.45, 7) is 6.73. The predicted molar refractivity (Wildman–Crippen MR) is 109 cm³/mol. The lowest BCUT2D eigenvalue weighted by molar-refractivity contribution is 0.176. The maximum atomic E-state index is 5.18. The van der Waals surface area contributed by atoms with Crippen molar-refractivity contribution in [2.45, 2.75) is 38.1 Å². The number of nitrogens with one attached hydrogen (secondary N) is 3. The second kappa shape index (κ2) is 11.5. The maximum absolute atomic E-state index is 5.18. The van der Waals surface area contributed by atoms with Crippen LogP contribution in [0.1, 0.15) is 27.2 Å². The average molecular weight is 415 g/mol. The molecular weight excluding hydrogens is 388 g/mol. The van der Waals surface area contributed by atoms with E-state index in [1.54, 1.807) is 19.1 Å². The Bertz CT molecular complexity index is 560. The molecule has 0 fully saturated rings. The molecule has 0 aliphatic carbocycles. The van der Waals surface area contributed by atoms with Gasteiger partial charge in [0, 0.05) is 28.2 Å².